The van der Waals surface area contributed by atoms with E-state index < -0.39 is 0 Å². The lowest BCUT2D eigenvalue weighted by atomic mass is 10.0. The number of hydrogen-bond donors (Lipinski definition) is 1. The van der Waals surface area contributed by atoms with E-state index in [1.165, 1.54) is 0 Å². The third kappa shape index (κ3) is 3.58. The Labute approximate surface area is 126 Å². The highest BCUT2D eigenvalue weighted by atomic mass is 16.2. The number of aromatic nitrogens is 1. The molecule has 2 rings (SSSR count). The maximum atomic E-state index is 12.4. The van der Waals surface area contributed by atoms with Crippen molar-refractivity contribution in [1.82, 2.24) is 9.88 Å². The van der Waals surface area contributed by atoms with Gasteiger partial charge < -0.3 is 10.6 Å². The number of nitrogens with two attached hydrogens (primary N) is 1. The number of hydrogen-bond acceptors (Lipinski definition) is 3. The molecule has 1 atom stereocenters. The summed E-state index contributed by atoms with van der Waals surface area (Å²) in [5.41, 5.74) is 7.69. The van der Waals surface area contributed by atoms with Crippen molar-refractivity contribution >= 4 is 16.8 Å². The molecule has 1 heterocycles. The molecule has 1 unspecified atom stereocenters. The minimum atomic E-state index is -0.196. The van der Waals surface area contributed by atoms with Crippen molar-refractivity contribution in [1.29, 1.82) is 0 Å². The second kappa shape index (κ2) is 7.18. The van der Waals surface area contributed by atoms with Crippen LogP contribution in [0.25, 0.3) is 10.9 Å². The fourth-order valence-electron chi connectivity index (χ4n) is 2.54. The second-order valence-corrected chi connectivity index (χ2v) is 5.14. The van der Waals surface area contributed by atoms with Gasteiger partial charge in [0.1, 0.15) is 0 Å². The largest absolute Gasteiger partial charge is 0.343 e. The van der Waals surface area contributed by atoms with Crippen molar-refractivity contribution < 1.29 is 4.79 Å². The highest BCUT2D eigenvalue weighted by Gasteiger charge is 2.22. The Bertz CT molecular complexity index is 608. The van der Waals surface area contributed by atoms with Crippen LogP contribution in [0.1, 0.15) is 19.5 Å². The first kappa shape index (κ1) is 15.4. The maximum Gasteiger partial charge on any atom is 0.227 e. The molecule has 0 spiro atoms. The molecule has 4 nitrogen and oxygen atoms in total. The number of para-hydroxylation sites is 1. The molecule has 0 fully saturated rings. The van der Waals surface area contributed by atoms with Gasteiger partial charge in [0.25, 0.3) is 0 Å². The van der Waals surface area contributed by atoms with E-state index >= 15 is 0 Å². The number of rotatable bonds is 6. The number of pyridine rings is 1. The van der Waals surface area contributed by atoms with Gasteiger partial charge in [-0.3, -0.25) is 9.78 Å². The highest BCUT2D eigenvalue weighted by Crippen LogP contribution is 2.15. The Kier molecular flexibility index (Phi) is 5.28. The number of nitrogens with zero attached hydrogens (tertiary/aromatic N) is 2. The Hall–Kier alpha value is -1.94. The zero-order chi connectivity index (χ0) is 15.2. The third-order valence-electron chi connectivity index (χ3n) is 3.82. The molecule has 4 heteroatoms. The van der Waals surface area contributed by atoms with Gasteiger partial charge in [-0.15, -0.1) is 0 Å². The molecule has 1 aromatic carbocycles. The number of fused-ring (bicyclic) bond motifs is 1. The van der Waals surface area contributed by atoms with Gasteiger partial charge in [0, 0.05) is 37.1 Å². The van der Waals surface area contributed by atoms with E-state index in [-0.39, 0.29) is 11.8 Å². The molecule has 0 radical (unpaired) electrons. The van der Waals surface area contributed by atoms with Crippen LogP contribution in [0.5, 0.6) is 0 Å². The van der Waals surface area contributed by atoms with Crippen LogP contribution >= 0.6 is 0 Å². The zero-order valence-corrected chi connectivity index (χ0v) is 12.7. The zero-order valence-electron chi connectivity index (χ0n) is 12.7. The van der Waals surface area contributed by atoms with E-state index in [1.807, 2.05) is 55.1 Å². The van der Waals surface area contributed by atoms with E-state index in [0.29, 0.717) is 13.0 Å². The minimum absolute atomic E-state index is 0.123. The minimum Gasteiger partial charge on any atom is -0.343 e. The quantitative estimate of drug-likeness (QED) is 0.885. The predicted molar refractivity (Wildman–Crippen MR) is 85.9 cm³/mol. The molecule has 0 aliphatic heterocycles. The predicted octanol–water partition coefficient (Wildman–Crippen LogP) is 2.22. The molecule has 0 saturated carbocycles. The van der Waals surface area contributed by atoms with Gasteiger partial charge >= 0.3 is 0 Å². The van der Waals surface area contributed by atoms with Crippen LogP contribution in [-0.2, 0) is 11.2 Å². The van der Waals surface area contributed by atoms with E-state index in [9.17, 15) is 4.79 Å². The average Bonchev–Trinajstić information content (AvgIpc) is 2.53. The van der Waals surface area contributed by atoms with Crippen molar-refractivity contribution in [3.05, 3.63) is 42.1 Å². The van der Waals surface area contributed by atoms with E-state index in [1.54, 1.807) is 0 Å². The summed E-state index contributed by atoms with van der Waals surface area (Å²) in [7, 11) is 0. The van der Waals surface area contributed by atoms with E-state index in [2.05, 4.69) is 4.98 Å². The molecule has 0 saturated heterocycles. The van der Waals surface area contributed by atoms with Crippen LogP contribution in [0, 0.1) is 5.92 Å². The van der Waals surface area contributed by atoms with Crippen molar-refractivity contribution in [2.45, 2.75) is 20.3 Å². The second-order valence-electron chi connectivity index (χ2n) is 5.14. The lowest BCUT2D eigenvalue weighted by Gasteiger charge is -2.24. The highest BCUT2D eigenvalue weighted by molar-refractivity contribution is 5.80. The summed E-state index contributed by atoms with van der Waals surface area (Å²) in [6.45, 7) is 5.77. The smallest absolute Gasteiger partial charge is 0.227 e. The van der Waals surface area contributed by atoms with Gasteiger partial charge in [-0.2, -0.15) is 0 Å². The molecule has 1 aromatic heterocycles. The first-order chi connectivity index (χ1) is 10.2. The van der Waals surface area contributed by atoms with E-state index in [4.69, 9.17) is 5.73 Å². The average molecular weight is 285 g/mol. The fourth-order valence-corrected chi connectivity index (χ4v) is 2.54. The number of carbonyl (C=O) groups excluding carboxylic acids is 1. The van der Waals surface area contributed by atoms with Gasteiger partial charge in [-0.1, -0.05) is 24.3 Å². The number of carbonyl (C=O) groups is 1. The first-order valence-corrected chi connectivity index (χ1v) is 7.53. The van der Waals surface area contributed by atoms with Crippen molar-refractivity contribution in [3.8, 4) is 0 Å². The summed E-state index contributed by atoms with van der Waals surface area (Å²) >= 11 is 0. The Morgan fingerprint density at radius 1 is 1.19 bits per heavy atom. The summed E-state index contributed by atoms with van der Waals surface area (Å²) < 4.78 is 0. The summed E-state index contributed by atoms with van der Waals surface area (Å²) in [5, 5.41) is 1.11. The Morgan fingerprint density at radius 2 is 1.90 bits per heavy atom. The van der Waals surface area contributed by atoms with Gasteiger partial charge in [-0.25, -0.2) is 0 Å². The first-order valence-electron chi connectivity index (χ1n) is 7.53. The molecule has 0 bridgehead atoms. The molecule has 2 aromatic rings. The van der Waals surface area contributed by atoms with E-state index in [0.717, 1.165) is 29.7 Å². The van der Waals surface area contributed by atoms with Crippen molar-refractivity contribution in [3.63, 3.8) is 0 Å². The summed E-state index contributed by atoms with van der Waals surface area (Å²) in [4.78, 5) is 18.9. The summed E-state index contributed by atoms with van der Waals surface area (Å²) in [6, 6.07) is 12.0. The van der Waals surface area contributed by atoms with Crippen molar-refractivity contribution in [2.75, 3.05) is 19.6 Å². The molecule has 2 N–H and O–H groups in total. The van der Waals surface area contributed by atoms with Gasteiger partial charge in [0.2, 0.25) is 5.91 Å². The standard InChI is InChI=1S/C17H23N3O/c1-3-20(4-2)17(21)14(12-18)11-15-10-9-13-7-5-6-8-16(13)19-15/h5-10,14H,3-4,11-12,18H2,1-2H3. The van der Waals surface area contributed by atoms with Crippen LogP contribution in [0.15, 0.2) is 36.4 Å². The SMILES string of the molecule is CCN(CC)C(=O)C(CN)Cc1ccc2ccccc2n1. The van der Waals surface area contributed by atoms with Crippen LogP contribution in [0.3, 0.4) is 0 Å². The molecule has 21 heavy (non-hydrogen) atoms. The molecule has 0 aliphatic carbocycles. The molecular formula is C17H23N3O. The third-order valence-corrected chi connectivity index (χ3v) is 3.82. The Morgan fingerprint density at radius 3 is 2.57 bits per heavy atom. The lowest BCUT2D eigenvalue weighted by molar-refractivity contribution is -0.134. The Balaban J connectivity index is 2.18. The van der Waals surface area contributed by atoms with Gasteiger partial charge in [-0.05, 0) is 26.0 Å². The van der Waals surface area contributed by atoms with Crippen LogP contribution < -0.4 is 5.73 Å². The van der Waals surface area contributed by atoms with Crippen LogP contribution in [0.4, 0.5) is 0 Å². The molecular weight excluding hydrogens is 262 g/mol. The maximum absolute atomic E-state index is 12.4. The normalized spacial score (nSPS) is 12.3. The molecule has 0 aliphatic rings. The monoisotopic (exact) mass is 285 g/mol. The lowest BCUT2D eigenvalue weighted by Crippen LogP contribution is -2.40. The summed E-state index contributed by atoms with van der Waals surface area (Å²) in [5.74, 6) is -0.0731. The van der Waals surface area contributed by atoms with Crippen molar-refractivity contribution in [2.24, 2.45) is 11.7 Å². The molecule has 112 valence electrons. The van der Waals surface area contributed by atoms with Crippen LogP contribution in [0.2, 0.25) is 0 Å². The summed E-state index contributed by atoms with van der Waals surface area (Å²) in [6.07, 6.45) is 0.594. The topological polar surface area (TPSA) is 59.2 Å². The number of benzene rings is 1. The fraction of sp³-hybridized carbons (Fsp3) is 0.412. The molecule has 1 amide bonds. The van der Waals surface area contributed by atoms with Crippen LogP contribution in [-0.4, -0.2) is 35.4 Å². The van der Waals surface area contributed by atoms with Gasteiger partial charge in [0.15, 0.2) is 0 Å². The van der Waals surface area contributed by atoms with Gasteiger partial charge in [0.05, 0.1) is 11.4 Å². The number of amides is 1.